The third kappa shape index (κ3) is 3.83. The number of aromatic amines is 1. The third-order valence-electron chi connectivity index (χ3n) is 1.56. The van der Waals surface area contributed by atoms with Crippen molar-refractivity contribution >= 4 is 6.03 Å². The molecule has 0 bridgehead atoms. The van der Waals surface area contributed by atoms with Crippen molar-refractivity contribution in [2.45, 2.75) is 19.8 Å². The first-order chi connectivity index (χ1) is 6.83. The van der Waals surface area contributed by atoms with E-state index in [0.717, 1.165) is 6.42 Å². The summed E-state index contributed by atoms with van der Waals surface area (Å²) < 4.78 is 0. The highest BCUT2D eigenvalue weighted by molar-refractivity contribution is 5.73. The molecule has 14 heavy (non-hydrogen) atoms. The van der Waals surface area contributed by atoms with Gasteiger partial charge < -0.3 is 10.6 Å². The van der Waals surface area contributed by atoms with Crippen molar-refractivity contribution in [3.8, 4) is 0 Å². The maximum Gasteiger partial charge on any atom is 0.314 e. The average molecular weight is 198 g/mol. The number of nitrogens with one attached hydrogen (secondary N) is 3. The number of rotatable bonds is 5. The monoisotopic (exact) mass is 198 g/mol. The summed E-state index contributed by atoms with van der Waals surface area (Å²) in [6, 6.07) is -0.157. The van der Waals surface area contributed by atoms with Gasteiger partial charge in [0.25, 0.3) is 0 Å². The second-order valence-corrected chi connectivity index (χ2v) is 2.76. The predicted octanol–water partition coefficient (Wildman–Crippen LogP) is -0.549. The summed E-state index contributed by atoms with van der Waals surface area (Å²) in [4.78, 5) is 11.0. The van der Waals surface area contributed by atoms with Crippen LogP contribution in [0.3, 0.4) is 0 Å². The van der Waals surface area contributed by atoms with Crippen LogP contribution < -0.4 is 10.6 Å². The summed E-state index contributed by atoms with van der Waals surface area (Å²) in [5.74, 6) is 0.598. The lowest BCUT2D eigenvalue weighted by Crippen LogP contribution is -2.37. The molecule has 0 aliphatic rings. The van der Waals surface area contributed by atoms with Gasteiger partial charge >= 0.3 is 6.03 Å². The van der Waals surface area contributed by atoms with E-state index in [1.807, 2.05) is 6.92 Å². The zero-order chi connectivity index (χ0) is 10.2. The van der Waals surface area contributed by atoms with Crippen molar-refractivity contribution in [3.05, 3.63) is 5.82 Å². The molecule has 7 heteroatoms. The Hall–Kier alpha value is -1.66. The summed E-state index contributed by atoms with van der Waals surface area (Å²) in [7, 11) is 0. The number of carbonyl (C=O) groups is 1. The Balaban J connectivity index is 2.06. The number of H-pyrrole nitrogens is 1. The minimum atomic E-state index is -0.157. The maximum absolute atomic E-state index is 11.0. The first-order valence-electron chi connectivity index (χ1n) is 4.57. The first kappa shape index (κ1) is 10.4. The van der Waals surface area contributed by atoms with E-state index in [1.165, 1.54) is 0 Å². The Morgan fingerprint density at radius 2 is 2.21 bits per heavy atom. The van der Waals surface area contributed by atoms with E-state index < -0.39 is 0 Å². The van der Waals surface area contributed by atoms with Gasteiger partial charge in [0.1, 0.15) is 0 Å². The fourth-order valence-corrected chi connectivity index (χ4v) is 0.877. The largest absolute Gasteiger partial charge is 0.338 e. The summed E-state index contributed by atoms with van der Waals surface area (Å²) in [5.41, 5.74) is 0. The molecule has 2 amide bonds. The summed E-state index contributed by atoms with van der Waals surface area (Å²) in [5, 5.41) is 18.6. The van der Waals surface area contributed by atoms with Gasteiger partial charge in [-0.15, -0.1) is 10.2 Å². The molecule has 1 aromatic heterocycles. The molecule has 1 rings (SSSR count). The number of carbonyl (C=O) groups excluding carboxylic acids is 1. The van der Waals surface area contributed by atoms with Crippen LogP contribution >= 0.6 is 0 Å². The van der Waals surface area contributed by atoms with Gasteiger partial charge in [0, 0.05) is 19.5 Å². The smallest absolute Gasteiger partial charge is 0.314 e. The lowest BCUT2D eigenvalue weighted by Gasteiger charge is -2.04. The van der Waals surface area contributed by atoms with Gasteiger partial charge in [0.15, 0.2) is 5.82 Å². The number of urea groups is 1. The number of hydrogen-bond donors (Lipinski definition) is 3. The SMILES string of the molecule is CCCNC(=O)NCCc1nn[nH]n1. The Morgan fingerprint density at radius 3 is 2.86 bits per heavy atom. The molecule has 0 spiro atoms. The molecule has 0 aromatic carbocycles. The average Bonchev–Trinajstić information content (AvgIpc) is 2.67. The molecule has 1 heterocycles. The Morgan fingerprint density at radius 1 is 1.43 bits per heavy atom. The van der Waals surface area contributed by atoms with E-state index in [4.69, 9.17) is 0 Å². The number of tetrazole rings is 1. The highest BCUT2D eigenvalue weighted by Crippen LogP contribution is 1.82. The molecule has 78 valence electrons. The summed E-state index contributed by atoms with van der Waals surface area (Å²) in [6.07, 6.45) is 1.51. The van der Waals surface area contributed by atoms with Gasteiger partial charge in [0.05, 0.1) is 0 Å². The zero-order valence-electron chi connectivity index (χ0n) is 8.08. The van der Waals surface area contributed by atoms with Crippen molar-refractivity contribution in [3.63, 3.8) is 0 Å². The van der Waals surface area contributed by atoms with Gasteiger partial charge in [-0.3, -0.25) is 0 Å². The van der Waals surface area contributed by atoms with Gasteiger partial charge in [0.2, 0.25) is 0 Å². The topological polar surface area (TPSA) is 95.6 Å². The second-order valence-electron chi connectivity index (χ2n) is 2.76. The van der Waals surface area contributed by atoms with E-state index in [1.54, 1.807) is 0 Å². The summed E-state index contributed by atoms with van der Waals surface area (Å²) in [6.45, 7) is 3.20. The van der Waals surface area contributed by atoms with Gasteiger partial charge in [-0.2, -0.15) is 5.21 Å². The fraction of sp³-hybridized carbons (Fsp3) is 0.714. The van der Waals surface area contributed by atoms with Crippen LogP contribution in [0.2, 0.25) is 0 Å². The molecule has 1 aromatic rings. The van der Waals surface area contributed by atoms with E-state index in [0.29, 0.717) is 25.3 Å². The van der Waals surface area contributed by atoms with E-state index >= 15 is 0 Å². The fourth-order valence-electron chi connectivity index (χ4n) is 0.877. The molecular weight excluding hydrogens is 184 g/mol. The highest BCUT2D eigenvalue weighted by atomic mass is 16.2. The van der Waals surface area contributed by atoms with Gasteiger partial charge in [-0.05, 0) is 6.42 Å². The molecule has 0 saturated heterocycles. The lowest BCUT2D eigenvalue weighted by molar-refractivity contribution is 0.241. The molecule has 0 unspecified atom stereocenters. The minimum Gasteiger partial charge on any atom is -0.338 e. The normalized spacial score (nSPS) is 9.79. The summed E-state index contributed by atoms with van der Waals surface area (Å²) >= 11 is 0. The molecular formula is C7H14N6O. The van der Waals surface area contributed by atoms with Crippen molar-refractivity contribution in [2.75, 3.05) is 13.1 Å². The third-order valence-corrected chi connectivity index (χ3v) is 1.56. The van der Waals surface area contributed by atoms with Crippen LogP contribution in [-0.2, 0) is 6.42 Å². The molecule has 0 aliphatic heterocycles. The molecule has 0 aliphatic carbocycles. The number of nitrogens with zero attached hydrogens (tertiary/aromatic N) is 3. The van der Waals surface area contributed by atoms with Crippen molar-refractivity contribution in [2.24, 2.45) is 0 Å². The van der Waals surface area contributed by atoms with Crippen LogP contribution in [-0.4, -0.2) is 39.7 Å². The van der Waals surface area contributed by atoms with Crippen LogP contribution in [0.1, 0.15) is 19.2 Å². The predicted molar refractivity (Wildman–Crippen MR) is 49.6 cm³/mol. The van der Waals surface area contributed by atoms with Gasteiger partial charge in [-0.25, -0.2) is 4.79 Å². The minimum absolute atomic E-state index is 0.157. The van der Waals surface area contributed by atoms with Crippen LogP contribution in [0.15, 0.2) is 0 Å². The van der Waals surface area contributed by atoms with Crippen LogP contribution in [0.5, 0.6) is 0 Å². The molecule has 3 N–H and O–H groups in total. The molecule has 0 saturated carbocycles. The maximum atomic E-state index is 11.0. The van der Waals surface area contributed by atoms with Crippen LogP contribution in [0.4, 0.5) is 4.79 Å². The van der Waals surface area contributed by atoms with E-state index in [2.05, 4.69) is 31.3 Å². The molecule has 7 nitrogen and oxygen atoms in total. The standard InChI is InChI=1S/C7H14N6O/c1-2-4-8-7(14)9-5-3-6-10-12-13-11-6/h2-5H2,1H3,(H2,8,9,14)(H,10,11,12,13). The number of hydrogen-bond acceptors (Lipinski definition) is 4. The van der Waals surface area contributed by atoms with E-state index in [-0.39, 0.29) is 6.03 Å². The molecule has 0 radical (unpaired) electrons. The van der Waals surface area contributed by atoms with Crippen molar-refractivity contribution in [1.29, 1.82) is 0 Å². The highest BCUT2D eigenvalue weighted by Gasteiger charge is 2.00. The second kappa shape index (κ2) is 5.90. The number of amides is 2. The first-order valence-corrected chi connectivity index (χ1v) is 4.57. The quantitative estimate of drug-likeness (QED) is 0.591. The van der Waals surface area contributed by atoms with Crippen molar-refractivity contribution in [1.82, 2.24) is 31.3 Å². The van der Waals surface area contributed by atoms with Crippen molar-refractivity contribution < 1.29 is 4.79 Å². The van der Waals surface area contributed by atoms with Gasteiger partial charge in [-0.1, -0.05) is 12.1 Å². The number of aromatic nitrogens is 4. The lowest BCUT2D eigenvalue weighted by atomic mass is 10.4. The van der Waals surface area contributed by atoms with Crippen LogP contribution in [0, 0.1) is 0 Å². The van der Waals surface area contributed by atoms with Crippen LogP contribution in [0.25, 0.3) is 0 Å². The Labute approximate surface area is 81.7 Å². The molecule has 0 fully saturated rings. The molecule has 0 atom stereocenters. The Kier molecular flexibility index (Phi) is 4.39. The Bertz CT molecular complexity index is 259. The van der Waals surface area contributed by atoms with E-state index in [9.17, 15) is 4.79 Å². The zero-order valence-corrected chi connectivity index (χ0v) is 8.08.